The summed E-state index contributed by atoms with van der Waals surface area (Å²) in [6, 6.07) is 22.2. The van der Waals surface area contributed by atoms with E-state index in [0.717, 1.165) is 22.3 Å². The van der Waals surface area contributed by atoms with Crippen LogP contribution in [-0.2, 0) is 11.3 Å². The maximum absolute atomic E-state index is 12.5. The van der Waals surface area contributed by atoms with E-state index in [2.05, 4.69) is 37.4 Å². The largest absolute Gasteiger partial charge is 0.481 e. The molecule has 3 nitrogen and oxygen atoms in total. The standard InChI is InChI=1S/C23H25NO2/c1-16(2)20-12-6-7-14-22(20)26-17(3)23(25)24-15-19-11-8-10-18-9-4-5-13-21(18)19/h4-14,16-17H,15H2,1-3H3,(H,24,25)/t17-/m1/s1. The summed E-state index contributed by atoms with van der Waals surface area (Å²) in [7, 11) is 0. The van der Waals surface area contributed by atoms with E-state index in [1.165, 1.54) is 5.39 Å². The zero-order chi connectivity index (χ0) is 18.5. The number of carbonyl (C=O) groups is 1. The minimum Gasteiger partial charge on any atom is -0.481 e. The molecular formula is C23H25NO2. The van der Waals surface area contributed by atoms with Crippen LogP contribution >= 0.6 is 0 Å². The molecule has 0 unspecified atom stereocenters. The molecule has 0 fully saturated rings. The highest BCUT2D eigenvalue weighted by Crippen LogP contribution is 2.26. The van der Waals surface area contributed by atoms with E-state index in [0.29, 0.717) is 12.5 Å². The van der Waals surface area contributed by atoms with Crippen molar-refractivity contribution < 1.29 is 9.53 Å². The van der Waals surface area contributed by atoms with E-state index in [1.54, 1.807) is 6.92 Å². The summed E-state index contributed by atoms with van der Waals surface area (Å²) in [5.74, 6) is 1.00. The summed E-state index contributed by atoms with van der Waals surface area (Å²) >= 11 is 0. The van der Waals surface area contributed by atoms with Crippen molar-refractivity contribution >= 4 is 16.7 Å². The summed E-state index contributed by atoms with van der Waals surface area (Å²) in [4.78, 5) is 12.5. The first-order chi connectivity index (χ1) is 12.6. The molecule has 0 radical (unpaired) electrons. The zero-order valence-corrected chi connectivity index (χ0v) is 15.5. The molecule has 0 spiro atoms. The number of hydrogen-bond acceptors (Lipinski definition) is 2. The Bertz CT molecular complexity index is 896. The van der Waals surface area contributed by atoms with Gasteiger partial charge in [-0.3, -0.25) is 4.79 Å². The van der Waals surface area contributed by atoms with Gasteiger partial charge >= 0.3 is 0 Å². The van der Waals surface area contributed by atoms with Crippen LogP contribution in [0.5, 0.6) is 5.75 Å². The number of rotatable bonds is 6. The molecule has 0 aliphatic rings. The molecule has 26 heavy (non-hydrogen) atoms. The highest BCUT2D eigenvalue weighted by atomic mass is 16.5. The van der Waals surface area contributed by atoms with Crippen molar-refractivity contribution in [2.24, 2.45) is 0 Å². The quantitative estimate of drug-likeness (QED) is 0.678. The number of para-hydroxylation sites is 1. The highest BCUT2D eigenvalue weighted by molar-refractivity contribution is 5.86. The van der Waals surface area contributed by atoms with E-state index < -0.39 is 6.10 Å². The minimum absolute atomic E-state index is 0.114. The van der Waals surface area contributed by atoms with Gasteiger partial charge in [0.2, 0.25) is 0 Å². The van der Waals surface area contributed by atoms with Crippen LogP contribution < -0.4 is 10.1 Å². The Morgan fingerprint density at radius 2 is 1.62 bits per heavy atom. The Hall–Kier alpha value is -2.81. The Balaban J connectivity index is 1.66. The highest BCUT2D eigenvalue weighted by Gasteiger charge is 2.17. The van der Waals surface area contributed by atoms with Gasteiger partial charge in [0.25, 0.3) is 5.91 Å². The summed E-state index contributed by atoms with van der Waals surface area (Å²) in [5.41, 5.74) is 2.22. The molecule has 0 aromatic heterocycles. The summed E-state index contributed by atoms with van der Waals surface area (Å²) in [6.45, 7) is 6.51. The fourth-order valence-electron chi connectivity index (χ4n) is 3.08. The third kappa shape index (κ3) is 4.05. The molecule has 0 aliphatic heterocycles. The first-order valence-corrected chi connectivity index (χ1v) is 9.06. The normalized spacial score (nSPS) is 12.2. The van der Waals surface area contributed by atoms with Crippen molar-refractivity contribution in [3.8, 4) is 5.75 Å². The number of amides is 1. The molecule has 1 N–H and O–H groups in total. The Kier molecular flexibility index (Phi) is 5.57. The molecular weight excluding hydrogens is 322 g/mol. The van der Waals surface area contributed by atoms with Crippen LogP contribution in [0.15, 0.2) is 66.7 Å². The van der Waals surface area contributed by atoms with E-state index >= 15 is 0 Å². The maximum atomic E-state index is 12.5. The molecule has 0 aliphatic carbocycles. The van der Waals surface area contributed by atoms with Crippen LogP contribution in [0, 0.1) is 0 Å². The van der Waals surface area contributed by atoms with Crippen LogP contribution in [-0.4, -0.2) is 12.0 Å². The van der Waals surface area contributed by atoms with Crippen molar-refractivity contribution in [2.45, 2.75) is 39.3 Å². The SMILES string of the molecule is CC(C)c1ccccc1O[C@H](C)C(=O)NCc1cccc2ccccc12. The number of fused-ring (bicyclic) bond motifs is 1. The van der Waals surface area contributed by atoms with Crippen molar-refractivity contribution in [3.63, 3.8) is 0 Å². The number of hydrogen-bond donors (Lipinski definition) is 1. The molecule has 3 aromatic carbocycles. The van der Waals surface area contributed by atoms with Gasteiger partial charge in [-0.1, -0.05) is 74.5 Å². The van der Waals surface area contributed by atoms with Gasteiger partial charge in [-0.05, 0) is 40.8 Å². The van der Waals surface area contributed by atoms with E-state index in [9.17, 15) is 4.79 Å². The third-order valence-corrected chi connectivity index (χ3v) is 4.55. The molecule has 1 amide bonds. The molecule has 0 bridgehead atoms. The number of carbonyl (C=O) groups excluding carboxylic acids is 1. The number of nitrogens with one attached hydrogen (secondary N) is 1. The first-order valence-electron chi connectivity index (χ1n) is 9.06. The van der Waals surface area contributed by atoms with Gasteiger partial charge in [0.05, 0.1) is 0 Å². The van der Waals surface area contributed by atoms with Gasteiger partial charge in [0, 0.05) is 6.54 Å². The van der Waals surface area contributed by atoms with E-state index in [-0.39, 0.29) is 5.91 Å². The lowest BCUT2D eigenvalue weighted by Gasteiger charge is -2.19. The minimum atomic E-state index is -0.551. The average molecular weight is 347 g/mol. The lowest BCUT2D eigenvalue weighted by Crippen LogP contribution is -2.36. The molecule has 3 aromatic rings. The average Bonchev–Trinajstić information content (AvgIpc) is 2.66. The van der Waals surface area contributed by atoms with Crippen molar-refractivity contribution in [3.05, 3.63) is 77.9 Å². The molecule has 0 heterocycles. The second kappa shape index (κ2) is 8.05. The Morgan fingerprint density at radius 3 is 2.42 bits per heavy atom. The van der Waals surface area contributed by atoms with Crippen molar-refractivity contribution in [2.75, 3.05) is 0 Å². The summed E-state index contributed by atoms with van der Waals surface area (Å²) in [5, 5.41) is 5.33. The van der Waals surface area contributed by atoms with Crippen LogP contribution in [0.1, 0.15) is 37.8 Å². The molecule has 3 heteroatoms. The smallest absolute Gasteiger partial charge is 0.261 e. The van der Waals surface area contributed by atoms with E-state index in [4.69, 9.17) is 4.74 Å². The lowest BCUT2D eigenvalue weighted by atomic mass is 10.0. The van der Waals surface area contributed by atoms with Gasteiger partial charge in [0.15, 0.2) is 6.10 Å². The first kappa shape index (κ1) is 18.0. The second-order valence-corrected chi connectivity index (χ2v) is 6.81. The van der Waals surface area contributed by atoms with Crippen molar-refractivity contribution in [1.29, 1.82) is 0 Å². The Morgan fingerprint density at radius 1 is 0.923 bits per heavy atom. The van der Waals surface area contributed by atoms with Crippen LogP contribution in [0.2, 0.25) is 0 Å². The maximum Gasteiger partial charge on any atom is 0.261 e. The van der Waals surface area contributed by atoms with Gasteiger partial charge in [0.1, 0.15) is 5.75 Å². The molecule has 0 saturated heterocycles. The second-order valence-electron chi connectivity index (χ2n) is 6.81. The van der Waals surface area contributed by atoms with Crippen LogP contribution in [0.25, 0.3) is 10.8 Å². The molecule has 134 valence electrons. The predicted molar refractivity (Wildman–Crippen MR) is 106 cm³/mol. The van der Waals surface area contributed by atoms with Crippen LogP contribution in [0.3, 0.4) is 0 Å². The van der Waals surface area contributed by atoms with Gasteiger partial charge in [-0.25, -0.2) is 0 Å². The van der Waals surface area contributed by atoms with Gasteiger partial charge in [-0.15, -0.1) is 0 Å². The molecule has 1 atom stereocenters. The van der Waals surface area contributed by atoms with E-state index in [1.807, 2.05) is 48.5 Å². The fourth-order valence-corrected chi connectivity index (χ4v) is 3.08. The zero-order valence-electron chi connectivity index (χ0n) is 15.5. The number of ether oxygens (including phenoxy) is 1. The monoisotopic (exact) mass is 347 g/mol. The summed E-state index contributed by atoms with van der Waals surface area (Å²) < 4.78 is 5.93. The Labute approximate surface area is 155 Å². The predicted octanol–water partition coefficient (Wildman–Crippen LogP) is 5.05. The summed E-state index contributed by atoms with van der Waals surface area (Å²) in [6.07, 6.45) is -0.551. The van der Waals surface area contributed by atoms with Gasteiger partial charge in [-0.2, -0.15) is 0 Å². The lowest BCUT2D eigenvalue weighted by molar-refractivity contribution is -0.127. The molecule has 3 rings (SSSR count). The fraction of sp³-hybridized carbons (Fsp3) is 0.261. The van der Waals surface area contributed by atoms with Crippen molar-refractivity contribution in [1.82, 2.24) is 5.32 Å². The number of benzene rings is 3. The third-order valence-electron chi connectivity index (χ3n) is 4.55. The van der Waals surface area contributed by atoms with Crippen LogP contribution in [0.4, 0.5) is 0 Å². The van der Waals surface area contributed by atoms with Gasteiger partial charge < -0.3 is 10.1 Å². The molecule has 0 saturated carbocycles. The topological polar surface area (TPSA) is 38.3 Å².